The molecule has 0 aliphatic carbocycles. The minimum atomic E-state index is -0.914. The number of fused-ring (bicyclic) bond motifs is 1. The predicted octanol–water partition coefficient (Wildman–Crippen LogP) is 5.41. The van der Waals surface area contributed by atoms with E-state index in [1.807, 2.05) is 35.7 Å². The van der Waals surface area contributed by atoms with E-state index in [4.69, 9.17) is 0 Å². The van der Waals surface area contributed by atoms with E-state index in [0.717, 1.165) is 27.2 Å². The first-order valence-electron chi connectivity index (χ1n) is 8.40. The largest absolute Gasteiger partial charge is 0.508 e. The Kier molecular flexibility index (Phi) is 3.82. The lowest BCUT2D eigenvalue weighted by molar-refractivity contribution is 0.475. The van der Waals surface area contributed by atoms with Crippen LogP contribution in [0.3, 0.4) is 0 Å². The molecule has 2 heterocycles. The molecule has 1 atom stereocenters. The number of rotatable bonds is 3. The van der Waals surface area contributed by atoms with Gasteiger partial charge in [0.15, 0.2) is 0 Å². The van der Waals surface area contributed by atoms with E-state index in [0.29, 0.717) is 0 Å². The molecule has 0 aliphatic rings. The fraction of sp³-hybridized carbons (Fsp3) is 0.136. The van der Waals surface area contributed by atoms with E-state index in [1.54, 1.807) is 23.5 Å². The molecular weight excluding hydrogens is 340 g/mol. The number of hydrogen-bond donors (Lipinski definition) is 2. The first kappa shape index (κ1) is 16.4. The zero-order chi connectivity index (χ0) is 18.3. The molecule has 0 fully saturated rings. The molecule has 3 nitrogen and oxygen atoms in total. The molecule has 2 N–H and O–H groups in total. The highest BCUT2D eigenvalue weighted by Gasteiger charge is 2.38. The van der Waals surface area contributed by atoms with Crippen LogP contribution >= 0.6 is 11.3 Å². The number of H-pyrrole nitrogens is 1. The fourth-order valence-electron chi connectivity index (χ4n) is 3.54. The van der Waals surface area contributed by atoms with Crippen LogP contribution in [-0.4, -0.2) is 10.1 Å². The van der Waals surface area contributed by atoms with Gasteiger partial charge in [-0.1, -0.05) is 30.3 Å². The van der Waals surface area contributed by atoms with Crippen molar-refractivity contribution in [2.24, 2.45) is 0 Å². The second-order valence-corrected chi connectivity index (χ2v) is 7.47. The quantitative estimate of drug-likeness (QED) is 0.514. The first-order valence-corrected chi connectivity index (χ1v) is 9.28. The number of thiophene rings is 1. The SMILES string of the molecule is Cc1[nH]c2cc(C(C#N)(c3ccc(O)cc3)c3cccs3)ccc2c1C. The second-order valence-electron chi connectivity index (χ2n) is 6.52. The Balaban J connectivity index is 2.02. The summed E-state index contributed by atoms with van der Waals surface area (Å²) >= 11 is 1.57. The highest BCUT2D eigenvalue weighted by molar-refractivity contribution is 7.10. The minimum absolute atomic E-state index is 0.192. The lowest BCUT2D eigenvalue weighted by atomic mass is 9.74. The van der Waals surface area contributed by atoms with Gasteiger partial charge in [-0.05, 0) is 60.2 Å². The standard InChI is InChI=1S/C22H18N2OS/c1-14-15(2)24-20-12-17(7-10-19(14)20)22(13-23,21-4-3-11-26-21)16-5-8-18(25)9-6-16/h3-12,24-25H,1-2H3. The molecule has 26 heavy (non-hydrogen) atoms. The number of nitriles is 1. The van der Waals surface area contributed by atoms with Crippen molar-refractivity contribution in [1.29, 1.82) is 5.26 Å². The van der Waals surface area contributed by atoms with Crippen LogP contribution in [0.1, 0.15) is 27.3 Å². The Morgan fingerprint density at radius 1 is 1.04 bits per heavy atom. The molecule has 0 saturated heterocycles. The number of aromatic amines is 1. The molecule has 0 saturated carbocycles. The monoisotopic (exact) mass is 358 g/mol. The Morgan fingerprint density at radius 3 is 2.42 bits per heavy atom. The van der Waals surface area contributed by atoms with Crippen LogP contribution in [0.25, 0.3) is 10.9 Å². The van der Waals surface area contributed by atoms with E-state index < -0.39 is 5.41 Å². The van der Waals surface area contributed by atoms with Crippen molar-refractivity contribution in [3.8, 4) is 11.8 Å². The van der Waals surface area contributed by atoms with E-state index in [2.05, 4.69) is 37.0 Å². The third-order valence-electron chi connectivity index (χ3n) is 5.10. The van der Waals surface area contributed by atoms with Crippen LogP contribution in [0.4, 0.5) is 0 Å². The van der Waals surface area contributed by atoms with Crippen molar-refractivity contribution >= 4 is 22.2 Å². The van der Waals surface area contributed by atoms with Crippen molar-refractivity contribution in [3.63, 3.8) is 0 Å². The molecule has 4 rings (SSSR count). The zero-order valence-corrected chi connectivity index (χ0v) is 15.4. The molecule has 0 amide bonds. The number of benzene rings is 2. The van der Waals surface area contributed by atoms with Gasteiger partial charge in [0.2, 0.25) is 0 Å². The lowest BCUT2D eigenvalue weighted by Crippen LogP contribution is -2.26. The summed E-state index contributed by atoms with van der Waals surface area (Å²) in [6.45, 7) is 4.16. The van der Waals surface area contributed by atoms with E-state index in [9.17, 15) is 10.4 Å². The number of phenols is 1. The normalized spacial score (nSPS) is 13.4. The zero-order valence-electron chi connectivity index (χ0n) is 14.6. The summed E-state index contributed by atoms with van der Waals surface area (Å²) in [5.41, 5.74) is 4.26. The van der Waals surface area contributed by atoms with Crippen molar-refractivity contribution in [2.75, 3.05) is 0 Å². The molecule has 2 aromatic carbocycles. The summed E-state index contributed by atoms with van der Waals surface area (Å²) < 4.78 is 0. The van der Waals surface area contributed by atoms with Crippen LogP contribution in [0.15, 0.2) is 60.0 Å². The van der Waals surface area contributed by atoms with Gasteiger partial charge in [0.25, 0.3) is 0 Å². The van der Waals surface area contributed by atoms with Gasteiger partial charge in [-0.15, -0.1) is 11.3 Å². The summed E-state index contributed by atoms with van der Waals surface area (Å²) in [4.78, 5) is 4.39. The van der Waals surface area contributed by atoms with Gasteiger partial charge in [0.1, 0.15) is 11.2 Å². The van der Waals surface area contributed by atoms with Crippen LogP contribution in [0, 0.1) is 25.2 Å². The van der Waals surface area contributed by atoms with E-state index in [-0.39, 0.29) is 5.75 Å². The fourth-order valence-corrected chi connectivity index (χ4v) is 4.46. The molecule has 4 aromatic rings. The molecule has 0 bridgehead atoms. The predicted molar refractivity (Wildman–Crippen MR) is 106 cm³/mol. The summed E-state index contributed by atoms with van der Waals surface area (Å²) in [6, 6.07) is 19.7. The highest BCUT2D eigenvalue weighted by atomic mass is 32.1. The number of aromatic hydroxyl groups is 1. The van der Waals surface area contributed by atoms with Crippen LogP contribution in [0.2, 0.25) is 0 Å². The average molecular weight is 358 g/mol. The molecule has 4 heteroatoms. The van der Waals surface area contributed by atoms with Gasteiger partial charge in [0.05, 0.1) is 6.07 Å². The van der Waals surface area contributed by atoms with Gasteiger partial charge >= 0.3 is 0 Å². The molecular formula is C22H18N2OS. The van der Waals surface area contributed by atoms with Crippen LogP contribution in [0.5, 0.6) is 5.75 Å². The Hall–Kier alpha value is -3.03. The number of aromatic nitrogens is 1. The van der Waals surface area contributed by atoms with Crippen molar-refractivity contribution in [2.45, 2.75) is 19.3 Å². The number of nitrogens with zero attached hydrogens (tertiary/aromatic N) is 1. The number of phenolic OH excluding ortho intramolecular Hbond substituents is 1. The first-order chi connectivity index (χ1) is 12.6. The van der Waals surface area contributed by atoms with Crippen molar-refractivity contribution in [1.82, 2.24) is 4.98 Å². The van der Waals surface area contributed by atoms with Gasteiger partial charge in [-0.3, -0.25) is 0 Å². The van der Waals surface area contributed by atoms with E-state index in [1.165, 1.54) is 10.9 Å². The third-order valence-corrected chi connectivity index (χ3v) is 6.09. The maximum Gasteiger partial charge on any atom is 0.141 e. The van der Waals surface area contributed by atoms with Crippen LogP contribution in [-0.2, 0) is 5.41 Å². The smallest absolute Gasteiger partial charge is 0.141 e. The van der Waals surface area contributed by atoms with Gasteiger partial charge in [-0.2, -0.15) is 5.26 Å². The maximum absolute atomic E-state index is 10.3. The van der Waals surface area contributed by atoms with E-state index >= 15 is 0 Å². The number of nitrogens with one attached hydrogen (secondary N) is 1. The lowest BCUT2D eigenvalue weighted by Gasteiger charge is -2.27. The summed E-state index contributed by atoms with van der Waals surface area (Å²) in [6.07, 6.45) is 0. The topological polar surface area (TPSA) is 59.8 Å². The summed E-state index contributed by atoms with van der Waals surface area (Å²) in [5.74, 6) is 0.192. The van der Waals surface area contributed by atoms with Crippen molar-refractivity contribution < 1.29 is 5.11 Å². The van der Waals surface area contributed by atoms with Gasteiger partial charge in [-0.25, -0.2) is 0 Å². The van der Waals surface area contributed by atoms with Crippen LogP contribution < -0.4 is 0 Å². The Morgan fingerprint density at radius 2 is 1.77 bits per heavy atom. The van der Waals surface area contributed by atoms with Gasteiger partial charge in [0, 0.05) is 21.5 Å². The Bertz CT molecular complexity index is 1120. The summed E-state index contributed by atoms with van der Waals surface area (Å²) in [5, 5.41) is 23.2. The summed E-state index contributed by atoms with van der Waals surface area (Å²) in [7, 11) is 0. The Labute approximate surface area is 156 Å². The number of hydrogen-bond acceptors (Lipinski definition) is 3. The molecule has 1 unspecified atom stereocenters. The average Bonchev–Trinajstić information content (AvgIpc) is 3.27. The molecule has 0 aliphatic heterocycles. The van der Waals surface area contributed by atoms with Crippen molar-refractivity contribution in [3.05, 3.63) is 87.2 Å². The molecule has 0 spiro atoms. The third kappa shape index (κ3) is 2.33. The second kappa shape index (κ2) is 6.05. The maximum atomic E-state index is 10.3. The number of aryl methyl sites for hydroxylation is 2. The molecule has 2 aromatic heterocycles. The van der Waals surface area contributed by atoms with Gasteiger partial charge < -0.3 is 10.1 Å². The molecule has 0 radical (unpaired) electrons. The minimum Gasteiger partial charge on any atom is -0.508 e. The molecule has 128 valence electrons. The highest BCUT2D eigenvalue weighted by Crippen LogP contribution is 2.42.